The van der Waals surface area contributed by atoms with Crippen molar-refractivity contribution in [3.8, 4) is 11.4 Å². The van der Waals surface area contributed by atoms with E-state index >= 15 is 0 Å². The first-order chi connectivity index (χ1) is 15.0. The van der Waals surface area contributed by atoms with Gasteiger partial charge in [0.25, 0.3) is 0 Å². The van der Waals surface area contributed by atoms with Crippen LogP contribution < -0.4 is 10.1 Å². The van der Waals surface area contributed by atoms with Crippen molar-refractivity contribution in [3.05, 3.63) is 65.7 Å². The Balaban J connectivity index is 1.80. The highest BCUT2D eigenvalue weighted by atomic mass is 32.2. The molecule has 0 spiro atoms. The van der Waals surface area contributed by atoms with E-state index in [-0.39, 0.29) is 23.3 Å². The topological polar surface area (TPSA) is 86.1 Å². The molecule has 0 aliphatic heterocycles. The minimum absolute atomic E-state index is 0.0789. The van der Waals surface area contributed by atoms with Crippen LogP contribution in [0.15, 0.2) is 53.7 Å². The van der Waals surface area contributed by atoms with Gasteiger partial charge in [-0.3, -0.25) is 14.2 Å². The molecule has 3 aromatic rings. The third-order valence-electron chi connectivity index (χ3n) is 4.46. The summed E-state index contributed by atoms with van der Waals surface area (Å²) in [6.07, 6.45) is 1.29. The van der Waals surface area contributed by atoms with Crippen LogP contribution in [-0.2, 0) is 11.2 Å². The van der Waals surface area contributed by atoms with Gasteiger partial charge in [0.15, 0.2) is 10.9 Å². The Morgan fingerprint density at radius 2 is 1.94 bits per heavy atom. The van der Waals surface area contributed by atoms with E-state index in [4.69, 9.17) is 4.74 Å². The number of thioether (sulfide) groups is 1. The molecule has 1 heterocycles. The molecule has 3 rings (SSSR count). The van der Waals surface area contributed by atoms with Crippen LogP contribution in [-0.4, -0.2) is 45.9 Å². The number of nitrogens with one attached hydrogen (secondary N) is 1. The van der Waals surface area contributed by atoms with Gasteiger partial charge in [-0.15, -0.1) is 10.2 Å². The monoisotopic (exact) mass is 442 g/mol. The lowest BCUT2D eigenvalue weighted by atomic mass is 10.1. The summed E-state index contributed by atoms with van der Waals surface area (Å²) in [7, 11) is 1.59. The van der Waals surface area contributed by atoms with Crippen molar-refractivity contribution in [2.45, 2.75) is 24.9 Å². The van der Waals surface area contributed by atoms with Crippen molar-refractivity contribution >= 4 is 23.5 Å². The van der Waals surface area contributed by atoms with Crippen molar-refractivity contribution in [2.24, 2.45) is 0 Å². The number of methoxy groups -OCH3 is 1. The van der Waals surface area contributed by atoms with Gasteiger partial charge in [-0.05, 0) is 42.8 Å². The van der Waals surface area contributed by atoms with Gasteiger partial charge >= 0.3 is 0 Å². The number of aromatic nitrogens is 3. The Hall–Kier alpha value is -3.20. The molecule has 0 saturated carbocycles. The lowest BCUT2D eigenvalue weighted by molar-refractivity contribution is -0.118. The number of aryl methyl sites for hydroxylation is 1. The van der Waals surface area contributed by atoms with E-state index in [0.29, 0.717) is 35.9 Å². The van der Waals surface area contributed by atoms with Crippen LogP contribution in [0.1, 0.15) is 29.5 Å². The molecule has 31 heavy (non-hydrogen) atoms. The zero-order valence-electron chi connectivity index (χ0n) is 17.3. The van der Waals surface area contributed by atoms with Crippen LogP contribution in [0.25, 0.3) is 5.69 Å². The van der Waals surface area contributed by atoms with E-state index in [1.54, 1.807) is 7.11 Å². The first kappa shape index (κ1) is 22.5. The van der Waals surface area contributed by atoms with E-state index in [0.717, 1.165) is 11.5 Å². The summed E-state index contributed by atoms with van der Waals surface area (Å²) in [5, 5.41) is 11.9. The largest absolute Gasteiger partial charge is 0.497 e. The van der Waals surface area contributed by atoms with Crippen molar-refractivity contribution in [3.63, 3.8) is 0 Å². The van der Waals surface area contributed by atoms with Gasteiger partial charge in [-0.25, -0.2) is 4.39 Å². The van der Waals surface area contributed by atoms with Gasteiger partial charge in [0, 0.05) is 31.5 Å². The van der Waals surface area contributed by atoms with Gasteiger partial charge in [0.1, 0.15) is 17.4 Å². The van der Waals surface area contributed by atoms with Crippen molar-refractivity contribution in [1.29, 1.82) is 0 Å². The summed E-state index contributed by atoms with van der Waals surface area (Å²) in [6, 6.07) is 13.0. The number of amides is 1. The molecule has 0 saturated heterocycles. The predicted molar refractivity (Wildman–Crippen MR) is 116 cm³/mol. The van der Waals surface area contributed by atoms with Gasteiger partial charge in [0.05, 0.1) is 18.6 Å². The molecule has 0 fully saturated rings. The number of benzene rings is 2. The lowest BCUT2D eigenvalue weighted by Crippen LogP contribution is -2.21. The number of nitrogens with zero attached hydrogens (tertiary/aromatic N) is 3. The highest BCUT2D eigenvalue weighted by Crippen LogP contribution is 2.26. The fourth-order valence-electron chi connectivity index (χ4n) is 2.92. The molecule has 0 bridgehead atoms. The molecular formula is C22H23FN4O3S. The molecule has 0 aliphatic rings. The zero-order chi connectivity index (χ0) is 22.2. The number of ketones is 1. The molecule has 162 valence electrons. The highest BCUT2D eigenvalue weighted by molar-refractivity contribution is 7.99. The molecule has 1 amide bonds. The molecule has 0 atom stereocenters. The molecule has 2 aromatic carbocycles. The van der Waals surface area contributed by atoms with Gasteiger partial charge < -0.3 is 10.1 Å². The second-order valence-corrected chi connectivity index (χ2v) is 7.68. The first-order valence-electron chi connectivity index (χ1n) is 9.72. The van der Waals surface area contributed by atoms with Gasteiger partial charge in [-0.1, -0.05) is 17.8 Å². The number of Topliss-reactive ketones (excluding diaryl/α,β-unsaturated/α-hetero) is 1. The van der Waals surface area contributed by atoms with Crippen LogP contribution in [0, 0.1) is 5.82 Å². The summed E-state index contributed by atoms with van der Waals surface area (Å²) in [5.74, 6) is 0.955. The Labute approximate surface area is 184 Å². The van der Waals surface area contributed by atoms with Crippen LogP contribution in [0.2, 0.25) is 0 Å². The van der Waals surface area contributed by atoms with Crippen molar-refractivity contribution in [1.82, 2.24) is 20.1 Å². The Kier molecular flexibility index (Phi) is 7.77. The molecule has 1 N–H and O–H groups in total. The summed E-state index contributed by atoms with van der Waals surface area (Å²) < 4.78 is 20.3. The Bertz CT molecular complexity index is 1050. The second kappa shape index (κ2) is 10.7. The SMILES string of the molecule is COc1cccc(-n2c(CCCNC(C)=O)nnc2SCC(=O)c2ccc(F)cc2)c1. The maximum Gasteiger partial charge on any atom is 0.216 e. The van der Waals surface area contributed by atoms with Crippen LogP contribution in [0.4, 0.5) is 4.39 Å². The van der Waals surface area contributed by atoms with E-state index in [1.807, 2.05) is 28.8 Å². The number of rotatable bonds is 10. The number of carbonyl (C=O) groups excluding carboxylic acids is 2. The highest BCUT2D eigenvalue weighted by Gasteiger charge is 2.17. The molecule has 7 nitrogen and oxygen atoms in total. The molecule has 0 aliphatic carbocycles. The molecule has 0 unspecified atom stereocenters. The third-order valence-corrected chi connectivity index (χ3v) is 5.39. The predicted octanol–water partition coefficient (Wildman–Crippen LogP) is 3.46. The Morgan fingerprint density at radius 3 is 2.65 bits per heavy atom. The molecule has 1 aromatic heterocycles. The molecule has 0 radical (unpaired) electrons. The third kappa shape index (κ3) is 6.14. The maximum absolute atomic E-state index is 13.1. The zero-order valence-corrected chi connectivity index (χ0v) is 18.1. The number of hydrogen-bond acceptors (Lipinski definition) is 6. The number of carbonyl (C=O) groups is 2. The van der Waals surface area contributed by atoms with Crippen molar-refractivity contribution < 1.29 is 18.7 Å². The maximum atomic E-state index is 13.1. The molecular weight excluding hydrogens is 419 g/mol. The van der Waals surface area contributed by atoms with E-state index in [1.165, 1.54) is 43.0 Å². The fraction of sp³-hybridized carbons (Fsp3) is 0.273. The van der Waals surface area contributed by atoms with Crippen LogP contribution in [0.5, 0.6) is 5.75 Å². The minimum Gasteiger partial charge on any atom is -0.497 e. The smallest absolute Gasteiger partial charge is 0.216 e. The first-order valence-corrected chi connectivity index (χ1v) is 10.7. The summed E-state index contributed by atoms with van der Waals surface area (Å²) in [5.41, 5.74) is 1.26. The van der Waals surface area contributed by atoms with E-state index in [9.17, 15) is 14.0 Å². The Morgan fingerprint density at radius 1 is 1.16 bits per heavy atom. The average molecular weight is 443 g/mol. The lowest BCUT2D eigenvalue weighted by Gasteiger charge is -2.11. The van der Waals surface area contributed by atoms with Crippen LogP contribution in [0.3, 0.4) is 0 Å². The van der Waals surface area contributed by atoms with Crippen LogP contribution >= 0.6 is 11.8 Å². The number of ether oxygens (including phenoxy) is 1. The number of halogens is 1. The number of hydrogen-bond donors (Lipinski definition) is 1. The summed E-state index contributed by atoms with van der Waals surface area (Å²) in [4.78, 5) is 23.6. The van der Waals surface area contributed by atoms with Gasteiger partial charge in [-0.2, -0.15) is 0 Å². The average Bonchev–Trinajstić information content (AvgIpc) is 3.18. The standard InChI is InChI=1S/C22H23FN4O3S/c1-15(28)24-12-4-7-21-25-26-22(27(21)18-5-3-6-19(13-18)30-2)31-14-20(29)16-8-10-17(23)11-9-16/h3,5-6,8-11,13H,4,7,12,14H2,1-2H3,(H,24,28). The van der Waals surface area contributed by atoms with E-state index < -0.39 is 0 Å². The fourth-order valence-corrected chi connectivity index (χ4v) is 3.79. The summed E-state index contributed by atoms with van der Waals surface area (Å²) in [6.45, 7) is 2.01. The van der Waals surface area contributed by atoms with Crippen molar-refractivity contribution in [2.75, 3.05) is 19.4 Å². The normalized spacial score (nSPS) is 10.7. The quantitative estimate of drug-likeness (QED) is 0.294. The van der Waals surface area contributed by atoms with E-state index in [2.05, 4.69) is 15.5 Å². The summed E-state index contributed by atoms with van der Waals surface area (Å²) >= 11 is 1.26. The van der Waals surface area contributed by atoms with Gasteiger partial charge in [0.2, 0.25) is 5.91 Å². The second-order valence-electron chi connectivity index (χ2n) is 6.74. The minimum atomic E-state index is -0.383. The molecule has 9 heteroatoms.